The van der Waals surface area contributed by atoms with Gasteiger partial charge in [-0.25, -0.2) is 9.59 Å². The van der Waals surface area contributed by atoms with Gasteiger partial charge in [0.1, 0.15) is 12.2 Å². The van der Waals surface area contributed by atoms with Gasteiger partial charge in [0.05, 0.1) is 12.1 Å². The summed E-state index contributed by atoms with van der Waals surface area (Å²) in [6.45, 7) is 6.54. The van der Waals surface area contributed by atoms with Crippen LogP contribution in [0.5, 0.6) is 0 Å². The molecule has 0 bridgehead atoms. The second-order valence-corrected chi connectivity index (χ2v) is 10.5. The number of carbonyl (C=O) groups excluding carboxylic acids is 2. The van der Waals surface area contributed by atoms with E-state index in [1.165, 1.54) is 0 Å². The van der Waals surface area contributed by atoms with E-state index in [1.807, 2.05) is 112 Å². The Morgan fingerprint density at radius 1 is 0.676 bits per heavy atom. The molecule has 0 unspecified atom stereocenters. The predicted molar refractivity (Wildman–Crippen MR) is 144 cm³/mol. The first kappa shape index (κ1) is 26.3. The van der Waals surface area contributed by atoms with Crippen molar-refractivity contribution in [3.8, 4) is 0 Å². The van der Waals surface area contributed by atoms with Crippen molar-refractivity contribution in [1.82, 2.24) is 9.80 Å². The third-order valence-electron chi connectivity index (χ3n) is 6.39. The zero-order chi connectivity index (χ0) is 26.3. The van der Waals surface area contributed by atoms with Crippen LogP contribution in [0.2, 0.25) is 0 Å². The SMILES string of the molecule is CC(C)(C)OC(=O)N1C[C@@H](Cc2ccccc2)N(C(=O)OCc2ccccc2)C[C@@H]1Cc1ccccc1. The Bertz CT molecular complexity index is 1150. The molecule has 0 aliphatic carbocycles. The molecule has 1 fully saturated rings. The summed E-state index contributed by atoms with van der Waals surface area (Å²) >= 11 is 0. The number of rotatable bonds is 6. The third-order valence-corrected chi connectivity index (χ3v) is 6.39. The highest BCUT2D eigenvalue weighted by molar-refractivity contribution is 5.71. The summed E-state index contributed by atoms with van der Waals surface area (Å²) in [7, 11) is 0. The van der Waals surface area contributed by atoms with Gasteiger partial charge in [0, 0.05) is 13.1 Å². The molecule has 3 aromatic carbocycles. The van der Waals surface area contributed by atoms with E-state index in [1.54, 1.807) is 9.80 Å². The maximum absolute atomic E-state index is 13.4. The van der Waals surface area contributed by atoms with Gasteiger partial charge in [-0.1, -0.05) is 91.0 Å². The Hall–Kier alpha value is -3.80. The van der Waals surface area contributed by atoms with Crippen molar-refractivity contribution >= 4 is 12.2 Å². The predicted octanol–water partition coefficient (Wildman–Crippen LogP) is 6.10. The van der Waals surface area contributed by atoms with Crippen LogP contribution < -0.4 is 0 Å². The molecular formula is C31H36N2O4. The lowest BCUT2D eigenvalue weighted by molar-refractivity contribution is -0.0172. The van der Waals surface area contributed by atoms with Gasteiger partial charge < -0.3 is 19.3 Å². The molecular weight excluding hydrogens is 464 g/mol. The van der Waals surface area contributed by atoms with Crippen LogP contribution in [-0.2, 0) is 28.9 Å². The summed E-state index contributed by atoms with van der Waals surface area (Å²) < 4.78 is 11.6. The molecule has 0 aromatic heterocycles. The summed E-state index contributed by atoms with van der Waals surface area (Å²) in [5, 5.41) is 0. The zero-order valence-corrected chi connectivity index (χ0v) is 21.9. The zero-order valence-electron chi connectivity index (χ0n) is 21.9. The van der Waals surface area contributed by atoms with Crippen LogP contribution in [0.15, 0.2) is 91.0 Å². The lowest BCUT2D eigenvalue weighted by Crippen LogP contribution is -2.63. The van der Waals surface area contributed by atoms with Crippen molar-refractivity contribution in [3.05, 3.63) is 108 Å². The van der Waals surface area contributed by atoms with Gasteiger partial charge in [-0.2, -0.15) is 0 Å². The minimum atomic E-state index is -0.616. The second kappa shape index (κ2) is 12.0. The van der Waals surface area contributed by atoms with Gasteiger partial charge in [0.25, 0.3) is 0 Å². The van der Waals surface area contributed by atoms with Crippen LogP contribution in [0.3, 0.4) is 0 Å². The number of carbonyl (C=O) groups is 2. The Labute approximate surface area is 219 Å². The first-order chi connectivity index (χ1) is 17.8. The van der Waals surface area contributed by atoms with Gasteiger partial charge in [0.2, 0.25) is 0 Å². The number of benzene rings is 3. The van der Waals surface area contributed by atoms with Crippen LogP contribution in [0.4, 0.5) is 9.59 Å². The molecule has 1 aliphatic heterocycles. The topological polar surface area (TPSA) is 59.1 Å². The number of hydrogen-bond acceptors (Lipinski definition) is 4. The largest absolute Gasteiger partial charge is 0.445 e. The lowest BCUT2D eigenvalue weighted by Gasteiger charge is -2.46. The standard InChI is InChI=1S/C31H36N2O4/c1-31(2,3)37-30(35)33-22-27(19-24-13-7-4-8-14-24)32(21-28(33)20-25-15-9-5-10-16-25)29(34)36-23-26-17-11-6-12-18-26/h4-18,27-28H,19-23H2,1-3H3/t27-,28+/m1/s1. The van der Waals surface area contributed by atoms with E-state index in [9.17, 15) is 9.59 Å². The Morgan fingerprint density at radius 3 is 1.51 bits per heavy atom. The highest BCUT2D eigenvalue weighted by Crippen LogP contribution is 2.25. The Balaban J connectivity index is 1.60. The van der Waals surface area contributed by atoms with Gasteiger partial charge in [-0.15, -0.1) is 0 Å². The molecule has 2 atom stereocenters. The van der Waals surface area contributed by atoms with Crippen LogP contribution >= 0.6 is 0 Å². The van der Waals surface area contributed by atoms with Crippen LogP contribution in [-0.4, -0.2) is 52.8 Å². The van der Waals surface area contributed by atoms with Crippen molar-refractivity contribution < 1.29 is 19.1 Å². The fraction of sp³-hybridized carbons (Fsp3) is 0.355. The van der Waals surface area contributed by atoms with Crippen molar-refractivity contribution in [2.75, 3.05) is 13.1 Å². The van der Waals surface area contributed by atoms with Gasteiger partial charge in [-0.3, -0.25) is 0 Å². The number of nitrogens with zero attached hydrogens (tertiary/aromatic N) is 2. The molecule has 6 heteroatoms. The van der Waals surface area contributed by atoms with Crippen LogP contribution in [0, 0.1) is 0 Å². The molecule has 2 amide bonds. The third kappa shape index (κ3) is 7.59. The molecule has 37 heavy (non-hydrogen) atoms. The van der Waals surface area contributed by atoms with E-state index in [0.29, 0.717) is 25.9 Å². The molecule has 3 aromatic rings. The first-order valence-electron chi connectivity index (χ1n) is 12.8. The Kier molecular flexibility index (Phi) is 8.49. The lowest BCUT2D eigenvalue weighted by atomic mass is 9.96. The molecule has 0 saturated carbocycles. The smallest absolute Gasteiger partial charge is 0.410 e. The van der Waals surface area contributed by atoms with E-state index < -0.39 is 5.60 Å². The summed E-state index contributed by atoms with van der Waals surface area (Å²) in [4.78, 5) is 30.4. The number of piperazine rings is 1. The molecule has 1 heterocycles. The van der Waals surface area contributed by atoms with E-state index in [-0.39, 0.29) is 30.9 Å². The monoisotopic (exact) mass is 500 g/mol. The summed E-state index contributed by atoms with van der Waals surface area (Å²) in [5.74, 6) is 0. The number of amides is 2. The van der Waals surface area contributed by atoms with Crippen LogP contribution in [0.1, 0.15) is 37.5 Å². The molecule has 0 spiro atoms. The quantitative estimate of drug-likeness (QED) is 0.410. The van der Waals surface area contributed by atoms with Crippen molar-refractivity contribution in [3.63, 3.8) is 0 Å². The first-order valence-corrected chi connectivity index (χ1v) is 12.8. The minimum absolute atomic E-state index is 0.202. The molecule has 0 N–H and O–H groups in total. The molecule has 194 valence electrons. The van der Waals surface area contributed by atoms with E-state index in [2.05, 4.69) is 0 Å². The minimum Gasteiger partial charge on any atom is -0.445 e. The summed E-state index contributed by atoms with van der Waals surface area (Å²) in [6.07, 6.45) is 0.495. The highest BCUT2D eigenvalue weighted by Gasteiger charge is 2.41. The van der Waals surface area contributed by atoms with Crippen molar-refractivity contribution in [2.24, 2.45) is 0 Å². The summed E-state index contributed by atoms with van der Waals surface area (Å²) in [5.41, 5.74) is 2.51. The average molecular weight is 501 g/mol. The fourth-order valence-electron chi connectivity index (χ4n) is 4.64. The van der Waals surface area contributed by atoms with E-state index in [0.717, 1.165) is 16.7 Å². The molecule has 0 radical (unpaired) electrons. The van der Waals surface area contributed by atoms with Gasteiger partial charge in [0.15, 0.2) is 0 Å². The molecule has 4 rings (SSSR count). The maximum atomic E-state index is 13.4. The normalized spacial score (nSPS) is 17.8. The molecule has 6 nitrogen and oxygen atoms in total. The van der Waals surface area contributed by atoms with Crippen molar-refractivity contribution in [1.29, 1.82) is 0 Å². The average Bonchev–Trinajstić information content (AvgIpc) is 2.88. The van der Waals surface area contributed by atoms with E-state index in [4.69, 9.17) is 9.47 Å². The fourth-order valence-corrected chi connectivity index (χ4v) is 4.64. The Morgan fingerprint density at radius 2 is 1.08 bits per heavy atom. The van der Waals surface area contributed by atoms with Crippen LogP contribution in [0.25, 0.3) is 0 Å². The van der Waals surface area contributed by atoms with Gasteiger partial charge in [-0.05, 0) is 50.3 Å². The maximum Gasteiger partial charge on any atom is 0.410 e. The molecule has 1 saturated heterocycles. The highest BCUT2D eigenvalue weighted by atomic mass is 16.6. The summed E-state index contributed by atoms with van der Waals surface area (Å²) in [6, 6.07) is 29.2. The second-order valence-electron chi connectivity index (χ2n) is 10.5. The van der Waals surface area contributed by atoms with E-state index >= 15 is 0 Å². The number of ether oxygens (including phenoxy) is 2. The van der Waals surface area contributed by atoms with Crippen molar-refractivity contribution in [2.45, 2.75) is 57.9 Å². The van der Waals surface area contributed by atoms with Gasteiger partial charge >= 0.3 is 12.2 Å². The molecule has 1 aliphatic rings. The number of hydrogen-bond donors (Lipinski definition) is 0.